The lowest BCUT2D eigenvalue weighted by Crippen LogP contribution is -2.45. The SMILES string of the molecule is CCC12Cc3cnn(-c4ccc(C)cc4)c3C=C1CCN(C)C2. The lowest BCUT2D eigenvalue weighted by atomic mass is 9.67. The number of aromatic nitrogens is 2. The first kappa shape index (κ1) is 14.7. The molecule has 2 aromatic rings. The molecule has 2 heterocycles. The number of hydrogen-bond acceptors (Lipinski definition) is 2. The van der Waals surface area contributed by atoms with E-state index < -0.39 is 0 Å². The Morgan fingerprint density at radius 1 is 1.22 bits per heavy atom. The summed E-state index contributed by atoms with van der Waals surface area (Å²) in [6, 6.07) is 8.64. The zero-order valence-corrected chi connectivity index (χ0v) is 14.3. The van der Waals surface area contributed by atoms with Gasteiger partial charge in [-0.25, -0.2) is 4.68 Å². The number of hydrogen-bond donors (Lipinski definition) is 0. The molecule has 0 amide bonds. The molecule has 3 heteroatoms. The number of likely N-dealkylation sites (tertiary alicyclic amines) is 1. The minimum atomic E-state index is 0.321. The molecule has 1 saturated heterocycles. The van der Waals surface area contributed by atoms with Crippen molar-refractivity contribution < 1.29 is 0 Å². The van der Waals surface area contributed by atoms with Crippen molar-refractivity contribution in [2.75, 3.05) is 20.1 Å². The third kappa shape index (κ3) is 2.34. The predicted octanol–water partition coefficient (Wildman–Crippen LogP) is 3.85. The molecular weight excluding hydrogens is 282 g/mol. The maximum absolute atomic E-state index is 4.70. The van der Waals surface area contributed by atoms with E-state index in [1.165, 1.54) is 42.8 Å². The minimum absolute atomic E-state index is 0.321. The molecule has 1 atom stereocenters. The van der Waals surface area contributed by atoms with Crippen LogP contribution < -0.4 is 0 Å². The third-order valence-corrected chi connectivity index (χ3v) is 5.70. The van der Waals surface area contributed by atoms with Gasteiger partial charge in [-0.15, -0.1) is 0 Å². The Hall–Kier alpha value is -1.87. The predicted molar refractivity (Wildman–Crippen MR) is 94.8 cm³/mol. The molecule has 4 rings (SSSR count). The second-order valence-electron chi connectivity index (χ2n) is 7.27. The second kappa shape index (κ2) is 5.34. The molecule has 1 aliphatic heterocycles. The highest BCUT2D eigenvalue weighted by Crippen LogP contribution is 2.45. The van der Waals surface area contributed by atoms with Gasteiger partial charge < -0.3 is 4.90 Å². The number of piperidine rings is 1. The van der Waals surface area contributed by atoms with E-state index in [-0.39, 0.29) is 0 Å². The summed E-state index contributed by atoms with van der Waals surface area (Å²) < 4.78 is 2.11. The van der Waals surface area contributed by atoms with Gasteiger partial charge in [-0.1, -0.05) is 30.2 Å². The van der Waals surface area contributed by atoms with E-state index in [1.54, 1.807) is 5.57 Å². The van der Waals surface area contributed by atoms with Crippen molar-refractivity contribution in [3.8, 4) is 5.69 Å². The van der Waals surface area contributed by atoms with Crippen LogP contribution in [0.2, 0.25) is 0 Å². The number of rotatable bonds is 2. The summed E-state index contributed by atoms with van der Waals surface area (Å²) in [5.74, 6) is 0. The number of benzene rings is 1. The van der Waals surface area contributed by atoms with E-state index in [0.717, 1.165) is 12.1 Å². The highest BCUT2D eigenvalue weighted by molar-refractivity contribution is 5.61. The van der Waals surface area contributed by atoms with Crippen LogP contribution in [0.3, 0.4) is 0 Å². The molecular formula is C20H25N3. The monoisotopic (exact) mass is 307 g/mol. The van der Waals surface area contributed by atoms with E-state index in [9.17, 15) is 0 Å². The van der Waals surface area contributed by atoms with Gasteiger partial charge in [-0.2, -0.15) is 5.10 Å². The standard InChI is InChI=1S/C20H25N3/c1-4-20-12-16-13-21-23(18-7-5-15(2)6-8-18)19(16)11-17(20)9-10-22(3)14-20/h5-8,11,13H,4,9-10,12,14H2,1-3H3. The van der Waals surface area contributed by atoms with Gasteiger partial charge >= 0.3 is 0 Å². The summed E-state index contributed by atoms with van der Waals surface area (Å²) in [6.07, 6.45) is 8.03. The van der Waals surface area contributed by atoms with Crippen LogP contribution in [0.15, 0.2) is 36.0 Å². The first-order valence-corrected chi connectivity index (χ1v) is 8.65. The lowest BCUT2D eigenvalue weighted by Gasteiger charge is -2.45. The molecule has 1 aromatic heterocycles. The summed E-state index contributed by atoms with van der Waals surface area (Å²) in [5, 5.41) is 4.70. The molecule has 0 saturated carbocycles. The van der Waals surface area contributed by atoms with Crippen LogP contribution >= 0.6 is 0 Å². The van der Waals surface area contributed by atoms with Crippen molar-refractivity contribution in [3.63, 3.8) is 0 Å². The highest BCUT2D eigenvalue weighted by atomic mass is 15.3. The number of fused-ring (bicyclic) bond motifs is 2. The minimum Gasteiger partial charge on any atom is -0.305 e. The fraction of sp³-hybridized carbons (Fsp3) is 0.450. The van der Waals surface area contributed by atoms with Crippen LogP contribution in [-0.2, 0) is 6.42 Å². The van der Waals surface area contributed by atoms with Crippen molar-refractivity contribution in [2.45, 2.75) is 33.1 Å². The normalized spacial score (nSPS) is 24.0. The number of nitrogens with zero attached hydrogens (tertiary/aromatic N) is 3. The Morgan fingerprint density at radius 2 is 2.00 bits per heavy atom. The first-order valence-electron chi connectivity index (χ1n) is 8.65. The van der Waals surface area contributed by atoms with E-state index >= 15 is 0 Å². The van der Waals surface area contributed by atoms with E-state index in [2.05, 4.69) is 67.0 Å². The van der Waals surface area contributed by atoms with Crippen LogP contribution in [0.4, 0.5) is 0 Å². The van der Waals surface area contributed by atoms with Crippen LogP contribution in [0, 0.1) is 12.3 Å². The fourth-order valence-electron chi connectivity index (χ4n) is 4.24. The maximum Gasteiger partial charge on any atom is 0.0700 e. The summed E-state index contributed by atoms with van der Waals surface area (Å²) in [7, 11) is 2.25. The van der Waals surface area contributed by atoms with Gasteiger partial charge in [0.05, 0.1) is 17.6 Å². The fourth-order valence-corrected chi connectivity index (χ4v) is 4.24. The van der Waals surface area contributed by atoms with Gasteiger partial charge in [0, 0.05) is 18.5 Å². The highest BCUT2D eigenvalue weighted by Gasteiger charge is 2.40. The van der Waals surface area contributed by atoms with Gasteiger partial charge in [0.1, 0.15) is 0 Å². The Bertz CT molecular complexity index is 754. The topological polar surface area (TPSA) is 21.1 Å². The second-order valence-corrected chi connectivity index (χ2v) is 7.27. The van der Waals surface area contributed by atoms with Crippen molar-refractivity contribution in [2.24, 2.45) is 5.41 Å². The maximum atomic E-state index is 4.70. The van der Waals surface area contributed by atoms with Crippen molar-refractivity contribution in [3.05, 3.63) is 52.9 Å². The van der Waals surface area contributed by atoms with E-state index in [1.807, 2.05) is 0 Å². The Morgan fingerprint density at radius 3 is 2.74 bits per heavy atom. The molecule has 1 fully saturated rings. The van der Waals surface area contributed by atoms with Gasteiger partial charge in [0.15, 0.2) is 0 Å². The Kier molecular flexibility index (Phi) is 3.42. The van der Waals surface area contributed by atoms with E-state index in [4.69, 9.17) is 5.10 Å². The largest absolute Gasteiger partial charge is 0.305 e. The van der Waals surface area contributed by atoms with Crippen molar-refractivity contribution in [1.82, 2.24) is 14.7 Å². The molecule has 0 spiro atoms. The molecule has 1 aliphatic carbocycles. The van der Waals surface area contributed by atoms with Crippen molar-refractivity contribution >= 4 is 6.08 Å². The van der Waals surface area contributed by atoms with Gasteiger partial charge in [-0.05, 0) is 57.0 Å². The molecule has 1 unspecified atom stereocenters. The summed E-state index contributed by atoms with van der Waals surface area (Å²) in [5.41, 5.74) is 7.07. The molecule has 1 aromatic carbocycles. The zero-order valence-electron chi connectivity index (χ0n) is 14.3. The molecule has 23 heavy (non-hydrogen) atoms. The van der Waals surface area contributed by atoms with Crippen LogP contribution in [0.5, 0.6) is 0 Å². The van der Waals surface area contributed by atoms with Crippen molar-refractivity contribution in [1.29, 1.82) is 0 Å². The lowest BCUT2D eigenvalue weighted by molar-refractivity contribution is 0.161. The summed E-state index contributed by atoms with van der Waals surface area (Å²) >= 11 is 0. The molecule has 120 valence electrons. The smallest absolute Gasteiger partial charge is 0.0700 e. The molecule has 0 bridgehead atoms. The number of aryl methyl sites for hydroxylation is 1. The van der Waals surface area contributed by atoms with Crippen LogP contribution in [0.1, 0.15) is 36.6 Å². The summed E-state index contributed by atoms with van der Waals surface area (Å²) in [4.78, 5) is 2.48. The molecule has 3 nitrogen and oxygen atoms in total. The van der Waals surface area contributed by atoms with Crippen LogP contribution in [0.25, 0.3) is 11.8 Å². The third-order valence-electron chi connectivity index (χ3n) is 5.70. The summed E-state index contributed by atoms with van der Waals surface area (Å²) in [6.45, 7) is 6.80. The van der Waals surface area contributed by atoms with Gasteiger partial charge in [0.25, 0.3) is 0 Å². The average molecular weight is 307 g/mol. The van der Waals surface area contributed by atoms with E-state index in [0.29, 0.717) is 5.41 Å². The Labute approximate surface area is 138 Å². The zero-order chi connectivity index (χ0) is 16.0. The Balaban J connectivity index is 1.78. The molecule has 0 radical (unpaired) electrons. The molecule has 2 aliphatic rings. The average Bonchev–Trinajstić information content (AvgIpc) is 2.95. The molecule has 0 N–H and O–H groups in total. The van der Waals surface area contributed by atoms with Gasteiger partial charge in [-0.3, -0.25) is 0 Å². The quantitative estimate of drug-likeness (QED) is 0.840. The van der Waals surface area contributed by atoms with Gasteiger partial charge in [0.2, 0.25) is 0 Å². The first-order chi connectivity index (χ1) is 11.1. The van der Waals surface area contributed by atoms with Crippen LogP contribution in [-0.4, -0.2) is 34.8 Å².